The number of ether oxygens (including phenoxy) is 2. The highest BCUT2D eigenvalue weighted by Crippen LogP contribution is 2.29. The fourth-order valence-corrected chi connectivity index (χ4v) is 5.65. The SMILES string of the molecule is CCOc1ccc(S(=O)(=O)NCCC(=O)Nc2cc(S(=O)(=O)N(CC)CC)ccc2OC)cc1. The van der Waals surface area contributed by atoms with Crippen LogP contribution in [0.2, 0.25) is 0 Å². The highest BCUT2D eigenvalue weighted by Gasteiger charge is 2.23. The van der Waals surface area contributed by atoms with Crippen LogP contribution in [0.1, 0.15) is 27.2 Å². The number of hydrogen-bond acceptors (Lipinski definition) is 7. The normalized spacial score (nSPS) is 11.9. The van der Waals surface area contributed by atoms with Gasteiger partial charge in [0.15, 0.2) is 0 Å². The van der Waals surface area contributed by atoms with Gasteiger partial charge >= 0.3 is 0 Å². The van der Waals surface area contributed by atoms with Gasteiger partial charge in [-0.25, -0.2) is 21.6 Å². The van der Waals surface area contributed by atoms with Crippen LogP contribution in [-0.4, -0.2) is 60.4 Å². The first-order valence-electron chi connectivity index (χ1n) is 10.8. The zero-order valence-electron chi connectivity index (χ0n) is 19.7. The number of carbonyl (C=O) groups excluding carboxylic acids is 1. The van der Waals surface area contributed by atoms with Crippen molar-refractivity contribution < 1.29 is 31.1 Å². The molecule has 2 rings (SSSR count). The Labute approximate surface area is 201 Å². The summed E-state index contributed by atoms with van der Waals surface area (Å²) in [5, 5.41) is 2.60. The van der Waals surface area contributed by atoms with E-state index < -0.39 is 26.0 Å². The molecule has 0 bridgehead atoms. The molecule has 0 spiro atoms. The van der Waals surface area contributed by atoms with Crippen LogP contribution in [0, 0.1) is 0 Å². The minimum Gasteiger partial charge on any atom is -0.495 e. The van der Waals surface area contributed by atoms with Crippen molar-refractivity contribution in [1.82, 2.24) is 9.03 Å². The number of rotatable bonds is 13. The molecule has 0 aliphatic heterocycles. The molecule has 0 atom stereocenters. The maximum Gasteiger partial charge on any atom is 0.243 e. The molecule has 0 aliphatic carbocycles. The van der Waals surface area contributed by atoms with E-state index in [1.807, 2.05) is 6.92 Å². The molecule has 0 saturated heterocycles. The van der Waals surface area contributed by atoms with Gasteiger partial charge in [-0.05, 0) is 49.4 Å². The zero-order valence-corrected chi connectivity index (χ0v) is 21.3. The summed E-state index contributed by atoms with van der Waals surface area (Å²) in [5.74, 6) is 0.326. The summed E-state index contributed by atoms with van der Waals surface area (Å²) in [6.07, 6.45) is -0.174. The van der Waals surface area contributed by atoms with Crippen LogP contribution in [0.4, 0.5) is 5.69 Å². The van der Waals surface area contributed by atoms with Gasteiger partial charge in [0.25, 0.3) is 0 Å². The van der Waals surface area contributed by atoms with E-state index in [1.54, 1.807) is 26.0 Å². The van der Waals surface area contributed by atoms with Crippen LogP contribution in [0.25, 0.3) is 0 Å². The number of sulfonamides is 2. The molecule has 10 nitrogen and oxygen atoms in total. The maximum atomic E-state index is 12.8. The van der Waals surface area contributed by atoms with Gasteiger partial charge < -0.3 is 14.8 Å². The fraction of sp³-hybridized carbons (Fsp3) is 0.409. The standard InChI is InChI=1S/C22H31N3O7S2/c1-5-25(6-2)34(29,30)19-12-13-21(31-4)20(16-19)24-22(26)14-15-23-33(27,28)18-10-8-17(9-11-18)32-7-3/h8-13,16,23H,5-7,14-15H2,1-4H3,(H,24,26). The largest absolute Gasteiger partial charge is 0.495 e. The number of nitrogens with one attached hydrogen (secondary N) is 2. The highest BCUT2D eigenvalue weighted by molar-refractivity contribution is 7.89. The van der Waals surface area contributed by atoms with E-state index in [0.717, 1.165) is 0 Å². The Morgan fingerprint density at radius 1 is 0.941 bits per heavy atom. The lowest BCUT2D eigenvalue weighted by atomic mass is 10.2. The third-order valence-corrected chi connectivity index (χ3v) is 8.40. The third-order valence-electron chi connectivity index (χ3n) is 4.88. The summed E-state index contributed by atoms with van der Waals surface area (Å²) in [7, 11) is -6.14. The van der Waals surface area contributed by atoms with Gasteiger partial charge in [0.2, 0.25) is 26.0 Å². The van der Waals surface area contributed by atoms with Crippen LogP contribution < -0.4 is 19.5 Å². The van der Waals surface area contributed by atoms with Gasteiger partial charge in [-0.15, -0.1) is 0 Å². The quantitative estimate of drug-likeness (QED) is 0.421. The topological polar surface area (TPSA) is 131 Å². The Morgan fingerprint density at radius 2 is 1.56 bits per heavy atom. The molecule has 12 heteroatoms. The zero-order chi connectivity index (χ0) is 25.4. The van der Waals surface area contributed by atoms with Gasteiger partial charge in [-0.2, -0.15) is 4.31 Å². The Hall–Kier alpha value is -2.67. The Morgan fingerprint density at radius 3 is 2.12 bits per heavy atom. The molecule has 34 heavy (non-hydrogen) atoms. The highest BCUT2D eigenvalue weighted by atomic mass is 32.2. The number of amides is 1. The Kier molecular flexibility index (Phi) is 9.86. The first-order valence-corrected chi connectivity index (χ1v) is 13.7. The minimum absolute atomic E-state index is 0.0171. The lowest BCUT2D eigenvalue weighted by molar-refractivity contribution is -0.116. The van der Waals surface area contributed by atoms with Crippen molar-refractivity contribution in [1.29, 1.82) is 0 Å². The summed E-state index contributed by atoms with van der Waals surface area (Å²) in [5.41, 5.74) is 0.176. The molecule has 0 unspecified atom stereocenters. The first-order chi connectivity index (χ1) is 16.1. The molecular formula is C22H31N3O7S2. The molecule has 2 aromatic carbocycles. The van der Waals surface area contributed by atoms with Crippen molar-refractivity contribution >= 4 is 31.6 Å². The average molecular weight is 514 g/mol. The lowest BCUT2D eigenvalue weighted by Crippen LogP contribution is -2.30. The summed E-state index contributed by atoms with van der Waals surface area (Å²) < 4.78 is 64.7. The van der Waals surface area contributed by atoms with Crippen LogP contribution in [0.3, 0.4) is 0 Å². The lowest BCUT2D eigenvalue weighted by Gasteiger charge is -2.19. The predicted octanol–water partition coefficient (Wildman–Crippen LogP) is 2.43. The number of carbonyl (C=O) groups is 1. The second-order valence-electron chi connectivity index (χ2n) is 7.05. The van der Waals surface area contributed by atoms with Crippen molar-refractivity contribution in [2.24, 2.45) is 0 Å². The number of methoxy groups -OCH3 is 1. The van der Waals surface area contributed by atoms with Crippen molar-refractivity contribution in [3.8, 4) is 11.5 Å². The first kappa shape index (κ1) is 27.6. The molecule has 188 valence electrons. The van der Waals surface area contributed by atoms with Crippen molar-refractivity contribution in [3.05, 3.63) is 42.5 Å². The van der Waals surface area contributed by atoms with Crippen LogP contribution in [0.15, 0.2) is 52.3 Å². The summed E-state index contributed by atoms with van der Waals surface area (Å²) in [6, 6.07) is 10.1. The molecule has 2 aromatic rings. The average Bonchev–Trinajstić information content (AvgIpc) is 2.80. The van der Waals surface area contributed by atoms with Gasteiger partial charge in [0, 0.05) is 26.1 Å². The Balaban J connectivity index is 2.06. The predicted molar refractivity (Wildman–Crippen MR) is 129 cm³/mol. The van der Waals surface area contributed by atoms with E-state index in [2.05, 4.69) is 10.0 Å². The minimum atomic E-state index is -3.81. The second-order valence-corrected chi connectivity index (χ2v) is 10.8. The van der Waals surface area contributed by atoms with Crippen molar-refractivity contribution in [2.75, 3.05) is 38.7 Å². The van der Waals surface area contributed by atoms with Gasteiger partial charge in [0.1, 0.15) is 11.5 Å². The molecule has 0 saturated carbocycles. The van der Waals surface area contributed by atoms with E-state index in [-0.39, 0.29) is 34.2 Å². The van der Waals surface area contributed by atoms with Crippen molar-refractivity contribution in [3.63, 3.8) is 0 Å². The smallest absolute Gasteiger partial charge is 0.243 e. The molecule has 0 fully saturated rings. The molecule has 0 radical (unpaired) electrons. The number of hydrogen-bond donors (Lipinski definition) is 2. The van der Waals surface area contributed by atoms with E-state index in [4.69, 9.17) is 9.47 Å². The van der Waals surface area contributed by atoms with E-state index in [9.17, 15) is 21.6 Å². The van der Waals surface area contributed by atoms with Gasteiger partial charge in [-0.1, -0.05) is 13.8 Å². The maximum absolute atomic E-state index is 12.8. The van der Waals surface area contributed by atoms with Crippen molar-refractivity contribution in [2.45, 2.75) is 37.0 Å². The second kappa shape index (κ2) is 12.2. The fourth-order valence-electron chi connectivity index (χ4n) is 3.13. The molecule has 0 aliphatic rings. The van der Waals surface area contributed by atoms with E-state index in [1.165, 1.54) is 41.7 Å². The van der Waals surface area contributed by atoms with Crippen LogP contribution in [-0.2, 0) is 24.8 Å². The summed E-state index contributed by atoms with van der Waals surface area (Å²) >= 11 is 0. The number of anilines is 1. The molecule has 1 amide bonds. The molecule has 0 heterocycles. The Bertz CT molecular complexity index is 1180. The van der Waals surface area contributed by atoms with Crippen LogP contribution in [0.5, 0.6) is 11.5 Å². The van der Waals surface area contributed by atoms with Gasteiger partial charge in [-0.3, -0.25) is 4.79 Å². The van der Waals surface area contributed by atoms with Crippen LogP contribution >= 0.6 is 0 Å². The molecule has 0 aromatic heterocycles. The monoisotopic (exact) mass is 513 g/mol. The third kappa shape index (κ3) is 6.92. The number of nitrogens with zero attached hydrogens (tertiary/aromatic N) is 1. The number of benzene rings is 2. The summed E-state index contributed by atoms with van der Waals surface area (Å²) in [4.78, 5) is 12.5. The van der Waals surface area contributed by atoms with E-state index in [0.29, 0.717) is 25.4 Å². The van der Waals surface area contributed by atoms with Gasteiger partial charge in [0.05, 0.1) is 29.2 Å². The summed E-state index contributed by atoms with van der Waals surface area (Å²) in [6.45, 7) is 6.23. The molecular weight excluding hydrogens is 482 g/mol. The van der Waals surface area contributed by atoms with E-state index >= 15 is 0 Å². The molecule has 2 N–H and O–H groups in total.